The highest BCUT2D eigenvalue weighted by Crippen LogP contribution is 2.42. The summed E-state index contributed by atoms with van der Waals surface area (Å²) in [6, 6.07) is 0. The molecule has 4 nitrogen and oxygen atoms in total. The Morgan fingerprint density at radius 1 is 1.33 bits per heavy atom. The highest BCUT2D eigenvalue weighted by atomic mass is 16.6. The summed E-state index contributed by atoms with van der Waals surface area (Å²) in [7, 11) is 0. The van der Waals surface area contributed by atoms with Crippen LogP contribution in [0.3, 0.4) is 0 Å². The lowest BCUT2D eigenvalue weighted by molar-refractivity contribution is 0.0154. The molecule has 18 heavy (non-hydrogen) atoms. The maximum absolute atomic E-state index is 11.9. The van der Waals surface area contributed by atoms with Crippen LogP contribution in [-0.2, 0) is 4.74 Å². The number of carbonyl (C=O) groups excluding carboxylic acids is 1. The van der Waals surface area contributed by atoms with Gasteiger partial charge < -0.3 is 14.7 Å². The molecule has 0 aromatic heterocycles. The standard InChI is InChI=1S/C14H25NO3/c1-13(2,3)18-12(16)15-8-4-11(5-9-15)10-14(17)6-7-14/h11,17H,4-10H2,1-3H3. The van der Waals surface area contributed by atoms with Gasteiger partial charge in [0, 0.05) is 13.1 Å². The van der Waals surface area contributed by atoms with E-state index in [0.717, 1.165) is 45.2 Å². The molecule has 0 atom stereocenters. The molecule has 0 aromatic carbocycles. The predicted molar refractivity (Wildman–Crippen MR) is 69.3 cm³/mol. The minimum Gasteiger partial charge on any atom is -0.444 e. The Labute approximate surface area is 109 Å². The van der Waals surface area contributed by atoms with Gasteiger partial charge in [0.1, 0.15) is 5.60 Å². The maximum Gasteiger partial charge on any atom is 0.410 e. The molecule has 1 aliphatic heterocycles. The van der Waals surface area contributed by atoms with Crippen molar-refractivity contribution in [2.75, 3.05) is 13.1 Å². The fourth-order valence-electron chi connectivity index (χ4n) is 2.53. The predicted octanol–water partition coefficient (Wildman–Crippen LogP) is 2.55. The lowest BCUT2D eigenvalue weighted by atomic mass is 9.90. The minimum absolute atomic E-state index is 0.203. The monoisotopic (exact) mass is 255 g/mol. The second-order valence-electron chi connectivity index (χ2n) is 6.84. The summed E-state index contributed by atoms with van der Waals surface area (Å²) < 4.78 is 5.36. The van der Waals surface area contributed by atoms with E-state index in [1.54, 1.807) is 4.90 Å². The van der Waals surface area contributed by atoms with E-state index in [9.17, 15) is 9.90 Å². The van der Waals surface area contributed by atoms with Crippen molar-refractivity contribution in [3.63, 3.8) is 0 Å². The Hall–Kier alpha value is -0.770. The van der Waals surface area contributed by atoms with Crippen LogP contribution in [0.25, 0.3) is 0 Å². The molecule has 0 radical (unpaired) electrons. The van der Waals surface area contributed by atoms with Gasteiger partial charge in [0.25, 0.3) is 0 Å². The molecule has 104 valence electrons. The lowest BCUT2D eigenvalue weighted by Crippen LogP contribution is -2.42. The molecule has 4 heteroatoms. The number of amides is 1. The van der Waals surface area contributed by atoms with E-state index in [0.29, 0.717) is 5.92 Å². The molecule has 1 heterocycles. The first-order valence-electron chi connectivity index (χ1n) is 6.98. The fourth-order valence-corrected chi connectivity index (χ4v) is 2.53. The molecule has 2 rings (SSSR count). The maximum atomic E-state index is 11.9. The Bertz CT molecular complexity index is 309. The molecule has 1 amide bonds. The van der Waals surface area contributed by atoms with Crippen LogP contribution in [0, 0.1) is 5.92 Å². The van der Waals surface area contributed by atoms with Gasteiger partial charge in [-0.1, -0.05) is 0 Å². The fraction of sp³-hybridized carbons (Fsp3) is 0.929. The van der Waals surface area contributed by atoms with Crippen molar-refractivity contribution in [1.82, 2.24) is 4.90 Å². The smallest absolute Gasteiger partial charge is 0.410 e. The van der Waals surface area contributed by atoms with E-state index in [2.05, 4.69) is 0 Å². The number of hydrogen-bond donors (Lipinski definition) is 1. The van der Waals surface area contributed by atoms with E-state index < -0.39 is 5.60 Å². The number of rotatable bonds is 2. The molecule has 1 aliphatic carbocycles. The summed E-state index contributed by atoms with van der Waals surface area (Å²) in [5.41, 5.74) is -0.782. The highest BCUT2D eigenvalue weighted by molar-refractivity contribution is 5.68. The second-order valence-corrected chi connectivity index (χ2v) is 6.84. The van der Waals surface area contributed by atoms with Gasteiger partial charge in [-0.2, -0.15) is 0 Å². The number of likely N-dealkylation sites (tertiary alicyclic amines) is 1. The third-order valence-corrected chi connectivity index (χ3v) is 3.76. The van der Waals surface area contributed by atoms with Crippen molar-refractivity contribution < 1.29 is 14.6 Å². The molecule has 0 spiro atoms. The van der Waals surface area contributed by atoms with Gasteiger partial charge in [-0.3, -0.25) is 0 Å². The van der Waals surface area contributed by atoms with Crippen molar-refractivity contribution >= 4 is 6.09 Å². The average Bonchev–Trinajstić information content (AvgIpc) is 2.94. The topological polar surface area (TPSA) is 49.8 Å². The van der Waals surface area contributed by atoms with Gasteiger partial charge in [0.2, 0.25) is 0 Å². The molecule has 2 fully saturated rings. The lowest BCUT2D eigenvalue weighted by Gasteiger charge is -2.34. The first kappa shape index (κ1) is 13.7. The normalized spacial score (nSPS) is 23.9. The van der Waals surface area contributed by atoms with E-state index in [1.165, 1.54) is 0 Å². The summed E-state index contributed by atoms with van der Waals surface area (Å²) in [5.74, 6) is 0.566. The number of aliphatic hydroxyl groups is 1. The molecule has 0 bridgehead atoms. The second kappa shape index (κ2) is 4.72. The van der Waals surface area contributed by atoms with Crippen LogP contribution in [0.5, 0.6) is 0 Å². The first-order valence-corrected chi connectivity index (χ1v) is 6.98. The third kappa shape index (κ3) is 3.87. The zero-order valence-electron chi connectivity index (χ0n) is 11.7. The number of carbonyl (C=O) groups is 1. The van der Waals surface area contributed by atoms with Gasteiger partial charge in [-0.05, 0) is 58.8 Å². The van der Waals surface area contributed by atoms with Crippen LogP contribution in [0.2, 0.25) is 0 Å². The van der Waals surface area contributed by atoms with Crippen molar-refractivity contribution in [3.8, 4) is 0 Å². The summed E-state index contributed by atoms with van der Waals surface area (Å²) in [4.78, 5) is 13.7. The largest absolute Gasteiger partial charge is 0.444 e. The van der Waals surface area contributed by atoms with Crippen LogP contribution in [-0.4, -0.2) is 40.4 Å². The van der Waals surface area contributed by atoms with Crippen LogP contribution in [0.4, 0.5) is 4.79 Å². The van der Waals surface area contributed by atoms with Crippen LogP contribution >= 0.6 is 0 Å². The molecule has 1 saturated heterocycles. The minimum atomic E-state index is -0.420. The van der Waals surface area contributed by atoms with Crippen molar-refractivity contribution in [1.29, 1.82) is 0 Å². The van der Waals surface area contributed by atoms with Gasteiger partial charge in [0.05, 0.1) is 5.60 Å². The van der Waals surface area contributed by atoms with Crippen molar-refractivity contribution in [2.45, 2.75) is 64.1 Å². The Balaban J connectivity index is 1.74. The Morgan fingerprint density at radius 2 is 1.89 bits per heavy atom. The molecule has 0 aromatic rings. The number of ether oxygens (including phenoxy) is 1. The van der Waals surface area contributed by atoms with Crippen molar-refractivity contribution in [2.24, 2.45) is 5.92 Å². The number of nitrogens with zero attached hydrogens (tertiary/aromatic N) is 1. The number of piperidine rings is 1. The zero-order chi connectivity index (χ0) is 13.4. The SMILES string of the molecule is CC(C)(C)OC(=O)N1CCC(CC2(O)CC2)CC1. The van der Waals surface area contributed by atoms with Crippen LogP contribution in [0.15, 0.2) is 0 Å². The molecule has 0 unspecified atom stereocenters. The van der Waals surface area contributed by atoms with Crippen LogP contribution < -0.4 is 0 Å². The van der Waals surface area contributed by atoms with Gasteiger partial charge in [-0.15, -0.1) is 0 Å². The average molecular weight is 255 g/mol. The quantitative estimate of drug-likeness (QED) is 0.825. The van der Waals surface area contributed by atoms with E-state index in [1.807, 2.05) is 20.8 Å². The molecular formula is C14H25NO3. The number of hydrogen-bond acceptors (Lipinski definition) is 3. The van der Waals surface area contributed by atoms with Gasteiger partial charge in [-0.25, -0.2) is 4.79 Å². The summed E-state index contributed by atoms with van der Waals surface area (Å²) in [6.45, 7) is 7.19. The molecular weight excluding hydrogens is 230 g/mol. The van der Waals surface area contributed by atoms with Crippen molar-refractivity contribution in [3.05, 3.63) is 0 Å². The zero-order valence-corrected chi connectivity index (χ0v) is 11.7. The van der Waals surface area contributed by atoms with Gasteiger partial charge in [0.15, 0.2) is 0 Å². The first-order chi connectivity index (χ1) is 8.27. The summed E-state index contributed by atoms with van der Waals surface area (Å²) >= 11 is 0. The molecule has 2 aliphatic rings. The molecule has 1 saturated carbocycles. The Kier molecular flexibility index (Phi) is 3.58. The van der Waals surface area contributed by atoms with E-state index >= 15 is 0 Å². The van der Waals surface area contributed by atoms with E-state index in [-0.39, 0.29) is 11.7 Å². The Morgan fingerprint density at radius 3 is 2.33 bits per heavy atom. The third-order valence-electron chi connectivity index (χ3n) is 3.76. The van der Waals surface area contributed by atoms with Crippen LogP contribution in [0.1, 0.15) is 52.9 Å². The summed E-state index contributed by atoms with van der Waals surface area (Å²) in [6.07, 6.45) is 4.60. The summed E-state index contributed by atoms with van der Waals surface area (Å²) in [5, 5.41) is 9.90. The molecule has 1 N–H and O–H groups in total. The van der Waals surface area contributed by atoms with E-state index in [4.69, 9.17) is 4.74 Å². The van der Waals surface area contributed by atoms with Gasteiger partial charge >= 0.3 is 6.09 Å². The highest BCUT2D eigenvalue weighted by Gasteiger charge is 2.42.